The third kappa shape index (κ3) is 3.88. The van der Waals surface area contributed by atoms with Crippen molar-refractivity contribution in [1.82, 2.24) is 9.80 Å². The Hall–Kier alpha value is -2.40. The minimum Gasteiger partial charge on any atom is -0.340 e. The maximum absolute atomic E-state index is 12.7. The van der Waals surface area contributed by atoms with Gasteiger partial charge in [-0.2, -0.15) is 0 Å². The van der Waals surface area contributed by atoms with Crippen molar-refractivity contribution in [3.05, 3.63) is 42.5 Å². The van der Waals surface area contributed by atoms with Gasteiger partial charge in [0.25, 0.3) is 0 Å². The monoisotopic (exact) mass is 353 g/mol. The summed E-state index contributed by atoms with van der Waals surface area (Å²) in [5, 5.41) is 5.23. The molecule has 1 N–H and O–H groups in total. The summed E-state index contributed by atoms with van der Waals surface area (Å²) in [6, 6.07) is 13.7. The number of hydrogen-bond acceptors (Lipinski definition) is 3. The quantitative estimate of drug-likeness (QED) is 0.919. The molecular formula is C21H27N3O2. The maximum atomic E-state index is 12.7. The predicted molar refractivity (Wildman–Crippen MR) is 105 cm³/mol. The fourth-order valence-corrected chi connectivity index (χ4v) is 3.43. The molecule has 5 heteroatoms. The highest BCUT2D eigenvalue weighted by atomic mass is 16.2. The molecule has 0 aliphatic carbocycles. The molecule has 1 heterocycles. The van der Waals surface area contributed by atoms with Crippen LogP contribution in [0.4, 0.5) is 5.69 Å². The summed E-state index contributed by atoms with van der Waals surface area (Å²) in [5.41, 5.74) is 0.841. The number of carbonyl (C=O) groups excluding carboxylic acids is 2. The number of fused-ring (bicyclic) bond motifs is 1. The van der Waals surface area contributed by atoms with Gasteiger partial charge in [-0.3, -0.25) is 14.5 Å². The second-order valence-electron chi connectivity index (χ2n) is 7.21. The molecule has 0 unspecified atom stereocenters. The standard InChI is InChI=1S/C21H27N3O2/c1-15(2)21(26)24-13-11-23(12-14-24)16(3)20(25)22-19-10-6-8-17-7-4-5-9-18(17)19/h4-10,15-16H,11-14H2,1-3H3,(H,22,25)/t16-/m1/s1. The number of carbonyl (C=O) groups is 2. The minimum atomic E-state index is -0.231. The van der Waals surface area contributed by atoms with Crippen molar-refractivity contribution < 1.29 is 9.59 Å². The summed E-state index contributed by atoms with van der Waals surface area (Å²) in [5.74, 6) is 0.205. The smallest absolute Gasteiger partial charge is 0.241 e. The van der Waals surface area contributed by atoms with Crippen molar-refractivity contribution in [2.75, 3.05) is 31.5 Å². The van der Waals surface area contributed by atoms with Gasteiger partial charge in [0.1, 0.15) is 0 Å². The Morgan fingerprint density at radius 3 is 2.27 bits per heavy atom. The Balaban J connectivity index is 1.63. The van der Waals surface area contributed by atoms with Crippen molar-refractivity contribution in [3.63, 3.8) is 0 Å². The molecular weight excluding hydrogens is 326 g/mol. The number of piperazine rings is 1. The highest BCUT2D eigenvalue weighted by Gasteiger charge is 2.28. The molecule has 2 aromatic carbocycles. The van der Waals surface area contributed by atoms with Crippen LogP contribution in [0.1, 0.15) is 20.8 Å². The van der Waals surface area contributed by atoms with E-state index in [0.29, 0.717) is 13.1 Å². The molecule has 26 heavy (non-hydrogen) atoms. The number of rotatable bonds is 4. The summed E-state index contributed by atoms with van der Waals surface area (Å²) < 4.78 is 0. The van der Waals surface area contributed by atoms with Crippen LogP contribution in [-0.4, -0.2) is 53.8 Å². The van der Waals surface area contributed by atoms with Gasteiger partial charge in [-0.15, -0.1) is 0 Å². The van der Waals surface area contributed by atoms with Crippen LogP contribution in [-0.2, 0) is 9.59 Å². The lowest BCUT2D eigenvalue weighted by Gasteiger charge is -2.38. The zero-order chi connectivity index (χ0) is 18.7. The van der Waals surface area contributed by atoms with Crippen LogP contribution in [0.25, 0.3) is 10.8 Å². The Morgan fingerprint density at radius 2 is 1.58 bits per heavy atom. The summed E-state index contributed by atoms with van der Waals surface area (Å²) in [7, 11) is 0. The molecule has 1 aliphatic heterocycles. The first-order valence-electron chi connectivity index (χ1n) is 9.29. The molecule has 1 fully saturated rings. The lowest BCUT2D eigenvalue weighted by atomic mass is 10.1. The van der Waals surface area contributed by atoms with Gasteiger partial charge in [0.2, 0.25) is 11.8 Å². The lowest BCUT2D eigenvalue weighted by Crippen LogP contribution is -2.54. The van der Waals surface area contributed by atoms with E-state index in [0.717, 1.165) is 29.5 Å². The van der Waals surface area contributed by atoms with Gasteiger partial charge in [-0.25, -0.2) is 0 Å². The van der Waals surface area contributed by atoms with Crippen LogP contribution in [0.2, 0.25) is 0 Å². The fraction of sp³-hybridized carbons (Fsp3) is 0.429. The largest absolute Gasteiger partial charge is 0.340 e. The molecule has 1 aliphatic rings. The molecule has 0 aromatic heterocycles. The van der Waals surface area contributed by atoms with Crippen molar-refractivity contribution in [3.8, 4) is 0 Å². The Labute approximate surface area is 155 Å². The summed E-state index contributed by atoms with van der Waals surface area (Å²) in [4.78, 5) is 28.9. The number of nitrogens with one attached hydrogen (secondary N) is 1. The van der Waals surface area contributed by atoms with Gasteiger partial charge in [0, 0.05) is 43.2 Å². The lowest BCUT2D eigenvalue weighted by molar-refractivity contribution is -0.136. The Morgan fingerprint density at radius 1 is 0.923 bits per heavy atom. The van der Waals surface area contributed by atoms with E-state index >= 15 is 0 Å². The van der Waals surface area contributed by atoms with Gasteiger partial charge in [-0.05, 0) is 18.4 Å². The number of benzene rings is 2. The zero-order valence-corrected chi connectivity index (χ0v) is 15.7. The molecule has 2 amide bonds. The molecule has 138 valence electrons. The van der Waals surface area contributed by atoms with E-state index in [2.05, 4.69) is 10.2 Å². The average Bonchev–Trinajstić information content (AvgIpc) is 2.67. The summed E-state index contributed by atoms with van der Waals surface area (Å²) in [6.07, 6.45) is 0. The van der Waals surface area contributed by atoms with Crippen LogP contribution >= 0.6 is 0 Å². The van der Waals surface area contributed by atoms with Crippen LogP contribution in [0.15, 0.2) is 42.5 Å². The van der Waals surface area contributed by atoms with E-state index in [1.807, 2.05) is 68.1 Å². The van der Waals surface area contributed by atoms with Gasteiger partial charge in [0.05, 0.1) is 6.04 Å². The highest BCUT2D eigenvalue weighted by Crippen LogP contribution is 2.23. The molecule has 2 aromatic rings. The van der Waals surface area contributed by atoms with E-state index < -0.39 is 0 Å². The van der Waals surface area contributed by atoms with Crippen molar-refractivity contribution in [2.45, 2.75) is 26.8 Å². The first-order chi connectivity index (χ1) is 12.5. The van der Waals surface area contributed by atoms with Crippen LogP contribution < -0.4 is 5.32 Å². The average molecular weight is 353 g/mol. The minimum absolute atomic E-state index is 0.00927. The van der Waals surface area contributed by atoms with E-state index in [1.165, 1.54) is 0 Å². The summed E-state index contributed by atoms with van der Waals surface area (Å²) in [6.45, 7) is 8.60. The van der Waals surface area contributed by atoms with Crippen LogP contribution in [0, 0.1) is 5.92 Å². The number of anilines is 1. The Bertz CT molecular complexity index is 789. The second kappa shape index (κ2) is 7.87. The SMILES string of the molecule is CC(C)C(=O)N1CCN([C@H](C)C(=O)Nc2cccc3ccccc23)CC1. The molecule has 0 spiro atoms. The van der Waals surface area contributed by atoms with E-state index in [9.17, 15) is 9.59 Å². The third-order valence-electron chi connectivity index (χ3n) is 5.09. The molecule has 1 atom stereocenters. The first kappa shape index (κ1) is 18.4. The molecule has 0 bridgehead atoms. The van der Waals surface area contributed by atoms with Crippen molar-refractivity contribution in [2.24, 2.45) is 5.92 Å². The van der Waals surface area contributed by atoms with E-state index in [1.54, 1.807) is 0 Å². The van der Waals surface area contributed by atoms with Gasteiger partial charge in [0.15, 0.2) is 0 Å². The normalized spacial score (nSPS) is 16.7. The molecule has 5 nitrogen and oxygen atoms in total. The van der Waals surface area contributed by atoms with Crippen molar-refractivity contribution in [1.29, 1.82) is 0 Å². The highest BCUT2D eigenvalue weighted by molar-refractivity contribution is 6.03. The second-order valence-corrected chi connectivity index (χ2v) is 7.21. The van der Waals surface area contributed by atoms with Crippen LogP contribution in [0.5, 0.6) is 0 Å². The molecule has 3 rings (SSSR count). The topological polar surface area (TPSA) is 52.7 Å². The fourth-order valence-electron chi connectivity index (χ4n) is 3.43. The number of hydrogen-bond donors (Lipinski definition) is 1. The van der Waals surface area contributed by atoms with Gasteiger partial charge in [-0.1, -0.05) is 50.2 Å². The molecule has 0 saturated carbocycles. The zero-order valence-electron chi connectivity index (χ0n) is 15.7. The predicted octanol–water partition coefficient (Wildman–Crippen LogP) is 2.97. The van der Waals surface area contributed by atoms with Gasteiger partial charge >= 0.3 is 0 Å². The molecule has 1 saturated heterocycles. The van der Waals surface area contributed by atoms with E-state index in [-0.39, 0.29) is 23.8 Å². The maximum Gasteiger partial charge on any atom is 0.241 e. The first-order valence-corrected chi connectivity index (χ1v) is 9.29. The number of nitrogens with zero attached hydrogens (tertiary/aromatic N) is 2. The third-order valence-corrected chi connectivity index (χ3v) is 5.09. The van der Waals surface area contributed by atoms with E-state index in [4.69, 9.17) is 0 Å². The Kier molecular flexibility index (Phi) is 5.57. The van der Waals surface area contributed by atoms with Crippen LogP contribution in [0.3, 0.4) is 0 Å². The number of amides is 2. The molecule has 0 radical (unpaired) electrons. The van der Waals surface area contributed by atoms with Crippen molar-refractivity contribution >= 4 is 28.3 Å². The summed E-state index contributed by atoms with van der Waals surface area (Å²) >= 11 is 0. The van der Waals surface area contributed by atoms with Gasteiger partial charge < -0.3 is 10.2 Å².